The number of aliphatic carboxylic acids is 1. The first-order valence-electron chi connectivity index (χ1n) is 5.45. The van der Waals surface area contributed by atoms with Gasteiger partial charge in [-0.1, -0.05) is 23.7 Å². The van der Waals surface area contributed by atoms with Crippen molar-refractivity contribution in [2.75, 3.05) is 6.54 Å². The maximum atomic E-state index is 11.0. The summed E-state index contributed by atoms with van der Waals surface area (Å²) in [6.07, 6.45) is -0.272. The number of benzene rings is 1. The normalized spacial score (nSPS) is 25.1. The van der Waals surface area contributed by atoms with Gasteiger partial charge in [-0.25, -0.2) is 0 Å². The fourth-order valence-electron chi connectivity index (χ4n) is 2.18. The van der Waals surface area contributed by atoms with Gasteiger partial charge in [0, 0.05) is 24.5 Å². The molecule has 92 valence electrons. The Morgan fingerprint density at radius 1 is 1.53 bits per heavy atom. The van der Waals surface area contributed by atoms with E-state index in [9.17, 15) is 9.90 Å². The highest BCUT2D eigenvalue weighted by Crippen LogP contribution is 2.21. The van der Waals surface area contributed by atoms with Crippen molar-refractivity contribution in [3.05, 3.63) is 34.9 Å². The Bertz CT molecular complexity index is 424. The molecular weight excluding hydrogens is 242 g/mol. The van der Waals surface area contributed by atoms with Gasteiger partial charge < -0.3 is 10.2 Å². The molecule has 1 aromatic carbocycles. The predicted molar refractivity (Wildman–Crippen MR) is 63.9 cm³/mol. The molecule has 4 nitrogen and oxygen atoms in total. The van der Waals surface area contributed by atoms with Crippen LogP contribution >= 0.6 is 11.6 Å². The van der Waals surface area contributed by atoms with Crippen molar-refractivity contribution in [3.63, 3.8) is 0 Å². The molecule has 1 saturated heterocycles. The van der Waals surface area contributed by atoms with Crippen LogP contribution in [-0.2, 0) is 11.3 Å². The Hall–Kier alpha value is -1.10. The van der Waals surface area contributed by atoms with E-state index in [-0.39, 0.29) is 6.42 Å². The number of hydrogen-bond acceptors (Lipinski definition) is 3. The first-order valence-corrected chi connectivity index (χ1v) is 5.83. The molecule has 1 aliphatic rings. The van der Waals surface area contributed by atoms with Crippen molar-refractivity contribution in [2.24, 2.45) is 0 Å². The summed E-state index contributed by atoms with van der Waals surface area (Å²) in [5.41, 5.74) is 0.956. The third-order valence-electron chi connectivity index (χ3n) is 2.94. The summed E-state index contributed by atoms with van der Waals surface area (Å²) < 4.78 is 0. The fourth-order valence-corrected chi connectivity index (χ4v) is 2.39. The van der Waals surface area contributed by atoms with Crippen LogP contribution in [0.3, 0.4) is 0 Å². The smallest absolute Gasteiger partial charge is 0.321 e. The predicted octanol–water partition coefficient (Wildman–Crippen LogP) is 1.36. The van der Waals surface area contributed by atoms with Crippen LogP contribution in [0.4, 0.5) is 0 Å². The standard InChI is InChI=1S/C12H14ClNO3/c13-9-3-1-2-8(4-9)6-14-7-10(15)5-11(14)12(16)17/h1-4,10-11,15H,5-7H2,(H,16,17)/t10-,11+/m1/s1. The first-order chi connectivity index (χ1) is 8.06. The molecule has 1 aliphatic heterocycles. The minimum absolute atomic E-state index is 0.288. The SMILES string of the molecule is O=C(O)[C@@H]1C[C@@H](O)CN1Cc1cccc(Cl)c1. The summed E-state index contributed by atoms with van der Waals surface area (Å²) in [5, 5.41) is 19.2. The number of carboxylic acid groups (broad SMARTS) is 1. The van der Waals surface area contributed by atoms with Crippen LogP contribution in [0.25, 0.3) is 0 Å². The number of carboxylic acids is 1. The summed E-state index contributed by atoms with van der Waals surface area (Å²) in [4.78, 5) is 12.8. The second-order valence-corrected chi connectivity index (χ2v) is 4.74. The van der Waals surface area contributed by atoms with Gasteiger partial charge in [0.2, 0.25) is 0 Å². The zero-order valence-electron chi connectivity index (χ0n) is 9.21. The number of likely N-dealkylation sites (tertiary alicyclic amines) is 1. The number of aliphatic hydroxyl groups is 1. The molecule has 1 fully saturated rings. The number of rotatable bonds is 3. The fraction of sp³-hybridized carbons (Fsp3) is 0.417. The van der Waals surface area contributed by atoms with Crippen molar-refractivity contribution in [3.8, 4) is 0 Å². The first kappa shape index (κ1) is 12.4. The molecule has 2 rings (SSSR count). The quantitative estimate of drug-likeness (QED) is 0.856. The molecule has 0 radical (unpaired) electrons. The number of aliphatic hydroxyl groups excluding tert-OH is 1. The van der Waals surface area contributed by atoms with Crippen LogP contribution < -0.4 is 0 Å². The van der Waals surface area contributed by atoms with Gasteiger partial charge in [0.05, 0.1) is 6.10 Å². The Morgan fingerprint density at radius 2 is 2.29 bits per heavy atom. The van der Waals surface area contributed by atoms with E-state index in [1.165, 1.54) is 0 Å². The van der Waals surface area contributed by atoms with E-state index in [4.69, 9.17) is 16.7 Å². The summed E-state index contributed by atoms with van der Waals surface area (Å²) in [6, 6.07) is 6.71. The lowest BCUT2D eigenvalue weighted by Crippen LogP contribution is -2.35. The van der Waals surface area contributed by atoms with E-state index in [1.807, 2.05) is 18.2 Å². The van der Waals surface area contributed by atoms with Crippen LogP contribution in [0.2, 0.25) is 5.02 Å². The maximum absolute atomic E-state index is 11.0. The van der Waals surface area contributed by atoms with Gasteiger partial charge in [0.25, 0.3) is 0 Å². The van der Waals surface area contributed by atoms with Crippen molar-refractivity contribution in [1.29, 1.82) is 0 Å². The Labute approximate surface area is 104 Å². The van der Waals surface area contributed by atoms with Gasteiger partial charge >= 0.3 is 5.97 Å². The lowest BCUT2D eigenvalue weighted by atomic mass is 10.2. The molecule has 0 aliphatic carbocycles. The highest BCUT2D eigenvalue weighted by Gasteiger charge is 2.35. The monoisotopic (exact) mass is 255 g/mol. The maximum Gasteiger partial charge on any atom is 0.321 e. The van der Waals surface area contributed by atoms with Gasteiger partial charge in [0.15, 0.2) is 0 Å². The number of β-amino-alcohol motifs (C(OH)–C–C–N with tert-alkyl or cyclic N) is 1. The molecule has 2 N–H and O–H groups in total. The van der Waals surface area contributed by atoms with Gasteiger partial charge in [-0.15, -0.1) is 0 Å². The summed E-state index contributed by atoms with van der Waals surface area (Å²) in [5.74, 6) is -0.886. The van der Waals surface area contributed by atoms with Crippen LogP contribution in [0.15, 0.2) is 24.3 Å². The molecule has 0 saturated carbocycles. The Balaban J connectivity index is 2.09. The molecule has 0 amide bonds. The third-order valence-corrected chi connectivity index (χ3v) is 3.18. The summed E-state index contributed by atoms with van der Waals surface area (Å²) in [7, 11) is 0. The van der Waals surface area contributed by atoms with E-state index < -0.39 is 18.1 Å². The van der Waals surface area contributed by atoms with Gasteiger partial charge in [0.1, 0.15) is 6.04 Å². The van der Waals surface area contributed by atoms with Crippen LogP contribution in [0, 0.1) is 0 Å². The number of carbonyl (C=O) groups is 1. The average molecular weight is 256 g/mol. The molecule has 0 unspecified atom stereocenters. The van der Waals surface area contributed by atoms with Gasteiger partial charge in [-0.3, -0.25) is 9.69 Å². The van der Waals surface area contributed by atoms with Crippen molar-refractivity contribution >= 4 is 17.6 Å². The number of halogens is 1. The van der Waals surface area contributed by atoms with Gasteiger partial charge in [-0.05, 0) is 17.7 Å². The van der Waals surface area contributed by atoms with E-state index in [0.717, 1.165) is 5.56 Å². The molecule has 1 aromatic rings. The zero-order valence-corrected chi connectivity index (χ0v) is 9.97. The molecular formula is C12H14ClNO3. The van der Waals surface area contributed by atoms with Crippen molar-refractivity contribution < 1.29 is 15.0 Å². The van der Waals surface area contributed by atoms with Crippen molar-refractivity contribution in [2.45, 2.75) is 25.1 Å². The number of nitrogens with zero attached hydrogens (tertiary/aromatic N) is 1. The molecule has 1 heterocycles. The Kier molecular flexibility index (Phi) is 3.66. The largest absolute Gasteiger partial charge is 0.480 e. The second-order valence-electron chi connectivity index (χ2n) is 4.30. The minimum atomic E-state index is -0.886. The molecule has 0 bridgehead atoms. The molecule has 5 heteroatoms. The number of hydrogen-bond donors (Lipinski definition) is 2. The van der Waals surface area contributed by atoms with Crippen LogP contribution in [-0.4, -0.2) is 39.8 Å². The highest BCUT2D eigenvalue weighted by molar-refractivity contribution is 6.30. The molecule has 2 atom stereocenters. The second kappa shape index (κ2) is 5.04. The van der Waals surface area contributed by atoms with E-state index in [0.29, 0.717) is 18.1 Å². The van der Waals surface area contributed by atoms with E-state index >= 15 is 0 Å². The molecule has 0 aromatic heterocycles. The zero-order chi connectivity index (χ0) is 12.4. The summed E-state index contributed by atoms with van der Waals surface area (Å²) >= 11 is 5.87. The van der Waals surface area contributed by atoms with E-state index in [1.54, 1.807) is 11.0 Å². The van der Waals surface area contributed by atoms with E-state index in [2.05, 4.69) is 0 Å². The highest BCUT2D eigenvalue weighted by atomic mass is 35.5. The van der Waals surface area contributed by atoms with Crippen molar-refractivity contribution in [1.82, 2.24) is 4.90 Å². The van der Waals surface area contributed by atoms with Crippen LogP contribution in [0.1, 0.15) is 12.0 Å². The third kappa shape index (κ3) is 2.97. The van der Waals surface area contributed by atoms with Crippen LogP contribution in [0.5, 0.6) is 0 Å². The molecule has 17 heavy (non-hydrogen) atoms. The Morgan fingerprint density at radius 3 is 2.94 bits per heavy atom. The topological polar surface area (TPSA) is 60.8 Å². The lowest BCUT2D eigenvalue weighted by molar-refractivity contribution is -0.142. The molecule has 0 spiro atoms. The lowest BCUT2D eigenvalue weighted by Gasteiger charge is -2.20. The summed E-state index contributed by atoms with van der Waals surface area (Å²) in [6.45, 7) is 0.887. The van der Waals surface area contributed by atoms with Gasteiger partial charge in [-0.2, -0.15) is 0 Å². The average Bonchev–Trinajstić information content (AvgIpc) is 2.59. The minimum Gasteiger partial charge on any atom is -0.480 e.